The molecular formula is C15H18N2O2. The molecule has 0 saturated carbocycles. The molecule has 0 aliphatic carbocycles. The second-order valence-electron chi connectivity index (χ2n) is 4.09. The maximum atomic E-state index is 11.9. The van der Waals surface area contributed by atoms with Crippen LogP contribution in [0.5, 0.6) is 0 Å². The van der Waals surface area contributed by atoms with E-state index in [1.54, 1.807) is 12.2 Å². The summed E-state index contributed by atoms with van der Waals surface area (Å²) in [5, 5.41) is 5.18. The number of aryl methyl sites for hydroxylation is 1. The SMILES string of the molecule is C=CCNC(=O)/C(=C\c1ccccc1C)NC(C)=O. The van der Waals surface area contributed by atoms with Crippen molar-refractivity contribution in [3.05, 3.63) is 53.7 Å². The summed E-state index contributed by atoms with van der Waals surface area (Å²) in [6.45, 7) is 7.19. The Morgan fingerprint density at radius 2 is 2.00 bits per heavy atom. The van der Waals surface area contributed by atoms with Gasteiger partial charge < -0.3 is 10.6 Å². The molecule has 0 fully saturated rings. The lowest BCUT2D eigenvalue weighted by Crippen LogP contribution is -2.33. The summed E-state index contributed by atoms with van der Waals surface area (Å²) in [7, 11) is 0. The molecule has 1 rings (SSSR count). The van der Waals surface area contributed by atoms with E-state index in [-0.39, 0.29) is 17.5 Å². The van der Waals surface area contributed by atoms with Gasteiger partial charge in [-0.25, -0.2) is 0 Å². The zero-order chi connectivity index (χ0) is 14.3. The Bertz CT molecular complexity index is 519. The molecule has 1 aromatic rings. The Kier molecular flexibility index (Phi) is 5.54. The molecule has 0 aliphatic rings. The third-order valence-electron chi connectivity index (χ3n) is 2.45. The molecule has 0 radical (unpaired) electrons. The number of hydrogen-bond acceptors (Lipinski definition) is 2. The Balaban J connectivity index is 3.02. The van der Waals surface area contributed by atoms with E-state index < -0.39 is 0 Å². The van der Waals surface area contributed by atoms with Crippen LogP contribution in [-0.2, 0) is 9.59 Å². The zero-order valence-electron chi connectivity index (χ0n) is 11.2. The van der Waals surface area contributed by atoms with Crippen molar-refractivity contribution in [3.8, 4) is 0 Å². The van der Waals surface area contributed by atoms with Gasteiger partial charge in [0.1, 0.15) is 5.70 Å². The van der Waals surface area contributed by atoms with Crippen LogP contribution in [0.4, 0.5) is 0 Å². The lowest BCUT2D eigenvalue weighted by atomic mass is 10.1. The van der Waals surface area contributed by atoms with Crippen molar-refractivity contribution < 1.29 is 9.59 Å². The minimum absolute atomic E-state index is 0.226. The average Bonchev–Trinajstić information content (AvgIpc) is 2.37. The number of rotatable bonds is 5. The van der Waals surface area contributed by atoms with Crippen LogP contribution in [0.2, 0.25) is 0 Å². The third-order valence-corrected chi connectivity index (χ3v) is 2.45. The highest BCUT2D eigenvalue weighted by Gasteiger charge is 2.10. The maximum Gasteiger partial charge on any atom is 0.268 e. The van der Waals surface area contributed by atoms with E-state index in [9.17, 15) is 9.59 Å². The van der Waals surface area contributed by atoms with Gasteiger partial charge in [0.25, 0.3) is 5.91 Å². The van der Waals surface area contributed by atoms with Crippen molar-refractivity contribution in [2.24, 2.45) is 0 Å². The van der Waals surface area contributed by atoms with Crippen molar-refractivity contribution in [3.63, 3.8) is 0 Å². The van der Waals surface area contributed by atoms with Crippen molar-refractivity contribution >= 4 is 17.9 Å². The topological polar surface area (TPSA) is 58.2 Å². The lowest BCUT2D eigenvalue weighted by molar-refractivity contribution is -0.122. The lowest BCUT2D eigenvalue weighted by Gasteiger charge is -2.09. The second-order valence-corrected chi connectivity index (χ2v) is 4.09. The van der Waals surface area contributed by atoms with E-state index in [4.69, 9.17) is 0 Å². The molecular weight excluding hydrogens is 240 g/mol. The molecule has 0 spiro atoms. The minimum Gasteiger partial charge on any atom is -0.347 e. The molecule has 4 heteroatoms. The van der Waals surface area contributed by atoms with Crippen LogP contribution in [0.15, 0.2) is 42.6 Å². The van der Waals surface area contributed by atoms with Gasteiger partial charge in [-0.1, -0.05) is 30.3 Å². The monoisotopic (exact) mass is 258 g/mol. The summed E-state index contributed by atoms with van der Waals surface area (Å²) in [5.74, 6) is -0.619. The zero-order valence-corrected chi connectivity index (χ0v) is 11.2. The van der Waals surface area contributed by atoms with Crippen LogP contribution in [0.25, 0.3) is 6.08 Å². The fourth-order valence-electron chi connectivity index (χ4n) is 1.51. The van der Waals surface area contributed by atoms with E-state index in [0.717, 1.165) is 11.1 Å². The standard InChI is InChI=1S/C15H18N2O2/c1-4-9-16-15(19)14(17-12(3)18)10-13-8-6-5-7-11(13)2/h4-8,10H,1,9H2,2-3H3,(H,16,19)(H,17,18)/b14-10+. The summed E-state index contributed by atoms with van der Waals surface area (Å²) in [5.41, 5.74) is 2.14. The number of carbonyl (C=O) groups is 2. The van der Waals surface area contributed by atoms with Gasteiger partial charge in [-0.15, -0.1) is 6.58 Å². The molecule has 0 bridgehead atoms. The summed E-state index contributed by atoms with van der Waals surface area (Å²) in [6.07, 6.45) is 3.24. The molecule has 0 aliphatic heterocycles. The number of benzene rings is 1. The molecule has 2 N–H and O–H groups in total. The molecule has 2 amide bonds. The van der Waals surface area contributed by atoms with E-state index in [1.165, 1.54) is 6.92 Å². The Morgan fingerprint density at radius 1 is 1.32 bits per heavy atom. The molecule has 4 nitrogen and oxygen atoms in total. The largest absolute Gasteiger partial charge is 0.347 e. The first-order valence-corrected chi connectivity index (χ1v) is 5.98. The molecule has 0 aromatic heterocycles. The predicted molar refractivity (Wildman–Crippen MR) is 76.2 cm³/mol. The Morgan fingerprint density at radius 3 is 2.58 bits per heavy atom. The molecule has 0 unspecified atom stereocenters. The Labute approximate surface area is 113 Å². The van der Waals surface area contributed by atoms with E-state index in [1.807, 2.05) is 31.2 Å². The number of hydrogen-bond donors (Lipinski definition) is 2. The fraction of sp³-hybridized carbons (Fsp3) is 0.200. The van der Waals surface area contributed by atoms with Crippen molar-refractivity contribution in [1.82, 2.24) is 10.6 Å². The number of carbonyl (C=O) groups excluding carboxylic acids is 2. The average molecular weight is 258 g/mol. The van der Waals surface area contributed by atoms with Gasteiger partial charge in [0.2, 0.25) is 5.91 Å². The van der Waals surface area contributed by atoms with E-state index >= 15 is 0 Å². The van der Waals surface area contributed by atoms with Gasteiger partial charge in [-0.2, -0.15) is 0 Å². The third kappa shape index (κ3) is 4.79. The van der Waals surface area contributed by atoms with Crippen LogP contribution >= 0.6 is 0 Å². The van der Waals surface area contributed by atoms with Crippen LogP contribution in [0.1, 0.15) is 18.1 Å². The van der Waals surface area contributed by atoms with Gasteiger partial charge in [0, 0.05) is 13.5 Å². The maximum absolute atomic E-state index is 11.9. The Hall–Kier alpha value is -2.36. The summed E-state index contributed by atoms with van der Waals surface area (Å²) in [6, 6.07) is 7.63. The second kappa shape index (κ2) is 7.16. The molecule has 0 heterocycles. The molecule has 0 saturated heterocycles. The number of amides is 2. The minimum atomic E-state index is -0.335. The van der Waals surface area contributed by atoms with Crippen LogP contribution in [-0.4, -0.2) is 18.4 Å². The van der Waals surface area contributed by atoms with Crippen LogP contribution in [0, 0.1) is 6.92 Å². The highest BCUT2D eigenvalue weighted by molar-refractivity contribution is 6.01. The van der Waals surface area contributed by atoms with Crippen LogP contribution in [0.3, 0.4) is 0 Å². The summed E-state index contributed by atoms with van der Waals surface area (Å²) in [4.78, 5) is 23.1. The van der Waals surface area contributed by atoms with Crippen molar-refractivity contribution in [2.45, 2.75) is 13.8 Å². The number of nitrogens with one attached hydrogen (secondary N) is 2. The van der Waals surface area contributed by atoms with Crippen LogP contribution < -0.4 is 10.6 Å². The van der Waals surface area contributed by atoms with Gasteiger partial charge in [0.15, 0.2) is 0 Å². The molecule has 1 aromatic carbocycles. The molecule has 19 heavy (non-hydrogen) atoms. The summed E-state index contributed by atoms with van der Waals surface area (Å²) < 4.78 is 0. The first kappa shape index (κ1) is 14.7. The van der Waals surface area contributed by atoms with Gasteiger partial charge >= 0.3 is 0 Å². The van der Waals surface area contributed by atoms with Gasteiger partial charge in [0.05, 0.1) is 0 Å². The molecule has 100 valence electrons. The normalized spacial score (nSPS) is 10.7. The quantitative estimate of drug-likeness (QED) is 0.624. The predicted octanol–water partition coefficient (Wildman–Crippen LogP) is 1.77. The first-order chi connectivity index (χ1) is 9.04. The summed E-state index contributed by atoms with van der Waals surface area (Å²) >= 11 is 0. The van der Waals surface area contributed by atoms with E-state index in [0.29, 0.717) is 6.54 Å². The van der Waals surface area contributed by atoms with Gasteiger partial charge in [-0.05, 0) is 24.1 Å². The fourth-order valence-corrected chi connectivity index (χ4v) is 1.51. The highest BCUT2D eigenvalue weighted by Crippen LogP contribution is 2.11. The van der Waals surface area contributed by atoms with Crippen molar-refractivity contribution in [2.75, 3.05) is 6.54 Å². The molecule has 0 atom stereocenters. The smallest absolute Gasteiger partial charge is 0.268 e. The first-order valence-electron chi connectivity index (χ1n) is 5.98. The van der Waals surface area contributed by atoms with E-state index in [2.05, 4.69) is 17.2 Å². The van der Waals surface area contributed by atoms with Crippen molar-refractivity contribution in [1.29, 1.82) is 0 Å². The van der Waals surface area contributed by atoms with Gasteiger partial charge in [-0.3, -0.25) is 9.59 Å². The highest BCUT2D eigenvalue weighted by atomic mass is 16.2.